The molecule has 0 aliphatic heterocycles. The molecule has 0 aromatic rings. The Morgan fingerprint density at radius 3 is 1.75 bits per heavy atom. The van der Waals surface area contributed by atoms with Gasteiger partial charge in [0.2, 0.25) is 0 Å². The van der Waals surface area contributed by atoms with Crippen molar-refractivity contribution in [3.8, 4) is 0 Å². The van der Waals surface area contributed by atoms with Crippen molar-refractivity contribution in [3.63, 3.8) is 0 Å². The van der Waals surface area contributed by atoms with E-state index < -0.39 is 0 Å². The number of hydrogen-bond donors (Lipinski definition) is 0. The predicted molar refractivity (Wildman–Crippen MR) is 32.7 cm³/mol. The van der Waals surface area contributed by atoms with E-state index in [-0.39, 0.29) is 0 Å². The van der Waals surface area contributed by atoms with Gasteiger partial charge in [0.05, 0.1) is 7.85 Å². The van der Waals surface area contributed by atoms with E-state index in [0.29, 0.717) is 5.82 Å². The highest BCUT2D eigenvalue weighted by molar-refractivity contribution is 6.14. The zero-order valence-corrected chi connectivity index (χ0v) is 4.88. The number of hydrogen-bond acceptors (Lipinski definition) is 0. The Kier molecular flexibility index (Phi) is 0.443. The average Bonchev–Trinajstić information content (AvgIpc) is 2.17. The molecule has 0 aromatic heterocycles. The molecule has 3 fully saturated rings. The summed E-state index contributed by atoms with van der Waals surface area (Å²) in [5.74, 6) is 4.87. The van der Waals surface area contributed by atoms with Gasteiger partial charge in [-0.25, -0.2) is 0 Å². The van der Waals surface area contributed by atoms with Crippen molar-refractivity contribution in [2.45, 2.75) is 18.7 Å². The smallest absolute Gasteiger partial charge is 0.0707 e. The Balaban J connectivity index is 1.91. The van der Waals surface area contributed by atoms with Crippen molar-refractivity contribution in [2.24, 2.45) is 23.7 Å². The standard InChI is InChI=1S/C7H9B/c8-7-5-3-1-2-4(3)6(5)7/h3-7H,1-2H2. The highest BCUT2D eigenvalue weighted by Gasteiger charge is 2.68. The summed E-state index contributed by atoms with van der Waals surface area (Å²) < 4.78 is 0. The second-order valence-electron chi connectivity index (χ2n) is 3.64. The highest BCUT2D eigenvalue weighted by atomic mass is 14.7. The monoisotopic (exact) mass is 104 g/mol. The van der Waals surface area contributed by atoms with Crippen molar-refractivity contribution < 1.29 is 0 Å². The van der Waals surface area contributed by atoms with Crippen LogP contribution in [0.4, 0.5) is 0 Å². The van der Waals surface area contributed by atoms with E-state index in [1.54, 1.807) is 0 Å². The molecule has 0 heterocycles. The molecule has 40 valence electrons. The van der Waals surface area contributed by atoms with E-state index in [2.05, 4.69) is 0 Å². The maximum atomic E-state index is 5.79. The van der Waals surface area contributed by atoms with Crippen molar-refractivity contribution in [1.29, 1.82) is 0 Å². The van der Waals surface area contributed by atoms with Crippen LogP contribution in [0.15, 0.2) is 0 Å². The lowest BCUT2D eigenvalue weighted by Gasteiger charge is -2.45. The minimum atomic E-state index is 0.646. The van der Waals surface area contributed by atoms with Crippen LogP contribution in [-0.4, -0.2) is 7.85 Å². The van der Waals surface area contributed by atoms with Gasteiger partial charge < -0.3 is 0 Å². The maximum Gasteiger partial charge on any atom is 0.0707 e. The lowest BCUT2D eigenvalue weighted by Crippen LogP contribution is -2.38. The number of fused-ring (bicyclic) bond motifs is 4. The van der Waals surface area contributed by atoms with Gasteiger partial charge >= 0.3 is 0 Å². The van der Waals surface area contributed by atoms with Gasteiger partial charge in [-0.05, 0) is 36.5 Å². The minimum absolute atomic E-state index is 0.646. The molecule has 1 heteroatoms. The van der Waals surface area contributed by atoms with E-state index in [0.717, 1.165) is 23.7 Å². The lowest BCUT2D eigenvalue weighted by atomic mass is 9.60. The van der Waals surface area contributed by atoms with Crippen LogP contribution in [0.25, 0.3) is 0 Å². The molecule has 8 heavy (non-hydrogen) atoms. The average molecular weight is 104 g/mol. The first-order chi connectivity index (χ1) is 3.89. The first-order valence-electron chi connectivity index (χ1n) is 3.65. The van der Waals surface area contributed by atoms with Gasteiger partial charge in [-0.2, -0.15) is 0 Å². The third kappa shape index (κ3) is 0.212. The molecule has 4 unspecified atom stereocenters. The summed E-state index contributed by atoms with van der Waals surface area (Å²) in [7, 11) is 5.79. The minimum Gasteiger partial charge on any atom is -0.0708 e. The summed E-state index contributed by atoms with van der Waals surface area (Å²) in [5.41, 5.74) is 0. The Morgan fingerprint density at radius 2 is 1.50 bits per heavy atom. The fraction of sp³-hybridized carbons (Fsp3) is 1.00. The summed E-state index contributed by atoms with van der Waals surface area (Å²) in [4.78, 5) is 0. The maximum absolute atomic E-state index is 5.79. The Morgan fingerprint density at radius 1 is 1.00 bits per heavy atom. The van der Waals surface area contributed by atoms with Gasteiger partial charge in [0.25, 0.3) is 0 Å². The summed E-state index contributed by atoms with van der Waals surface area (Å²) in [5, 5.41) is 0. The zero-order chi connectivity index (χ0) is 5.30. The normalized spacial score (nSPS) is 73.8. The van der Waals surface area contributed by atoms with Crippen LogP contribution in [0.1, 0.15) is 12.8 Å². The molecule has 0 bridgehead atoms. The van der Waals surface area contributed by atoms with E-state index in [1.807, 2.05) is 0 Å². The SMILES string of the molecule is [B]C1C2C3CCC3C12. The van der Waals surface area contributed by atoms with Gasteiger partial charge in [0.1, 0.15) is 0 Å². The second-order valence-corrected chi connectivity index (χ2v) is 3.64. The predicted octanol–water partition coefficient (Wildman–Crippen LogP) is 1.23. The van der Waals surface area contributed by atoms with E-state index in [1.165, 1.54) is 12.8 Å². The largest absolute Gasteiger partial charge is 0.0708 e. The van der Waals surface area contributed by atoms with Gasteiger partial charge in [-0.1, -0.05) is 5.82 Å². The van der Waals surface area contributed by atoms with E-state index in [9.17, 15) is 0 Å². The molecule has 0 N–H and O–H groups in total. The van der Waals surface area contributed by atoms with E-state index in [4.69, 9.17) is 7.85 Å². The van der Waals surface area contributed by atoms with Gasteiger partial charge in [0.15, 0.2) is 0 Å². The zero-order valence-electron chi connectivity index (χ0n) is 4.88. The first-order valence-corrected chi connectivity index (χ1v) is 3.65. The summed E-state index contributed by atoms with van der Waals surface area (Å²) in [6.45, 7) is 0. The van der Waals surface area contributed by atoms with Crippen LogP contribution in [0.2, 0.25) is 5.82 Å². The van der Waals surface area contributed by atoms with Crippen LogP contribution in [0.5, 0.6) is 0 Å². The first kappa shape index (κ1) is 3.97. The van der Waals surface area contributed by atoms with E-state index >= 15 is 0 Å². The molecule has 2 radical (unpaired) electrons. The van der Waals surface area contributed by atoms with Crippen molar-refractivity contribution >= 4 is 7.85 Å². The Hall–Kier alpha value is 0.0649. The molecule has 3 aliphatic carbocycles. The molecule has 0 spiro atoms. The molecular weight excluding hydrogens is 94.9 g/mol. The quantitative estimate of drug-likeness (QED) is 0.405. The topological polar surface area (TPSA) is 0 Å². The fourth-order valence-electron chi connectivity index (χ4n) is 2.89. The van der Waals surface area contributed by atoms with Gasteiger partial charge in [-0.3, -0.25) is 0 Å². The van der Waals surface area contributed by atoms with Crippen LogP contribution in [0.3, 0.4) is 0 Å². The van der Waals surface area contributed by atoms with Crippen LogP contribution in [0, 0.1) is 23.7 Å². The molecule has 3 saturated carbocycles. The van der Waals surface area contributed by atoms with Crippen LogP contribution in [-0.2, 0) is 0 Å². The second kappa shape index (κ2) is 0.892. The van der Waals surface area contributed by atoms with Gasteiger partial charge in [0, 0.05) is 0 Å². The molecule has 4 atom stereocenters. The van der Waals surface area contributed by atoms with Crippen molar-refractivity contribution in [2.75, 3.05) is 0 Å². The fourth-order valence-corrected chi connectivity index (χ4v) is 2.89. The van der Waals surface area contributed by atoms with Gasteiger partial charge in [-0.15, -0.1) is 0 Å². The molecule has 0 amide bonds. The summed E-state index contributed by atoms with van der Waals surface area (Å²) in [6, 6.07) is 0. The van der Waals surface area contributed by atoms with Crippen molar-refractivity contribution in [3.05, 3.63) is 0 Å². The third-order valence-corrected chi connectivity index (χ3v) is 3.56. The summed E-state index contributed by atoms with van der Waals surface area (Å²) >= 11 is 0. The molecule has 3 rings (SSSR count). The number of rotatable bonds is 0. The molecule has 3 aliphatic rings. The highest BCUT2D eigenvalue weighted by Crippen LogP contribution is 2.77. The molecule has 0 nitrogen and oxygen atoms in total. The molecular formula is C7H9B. The molecule has 0 saturated heterocycles. The van der Waals surface area contributed by atoms with Crippen LogP contribution < -0.4 is 0 Å². The van der Waals surface area contributed by atoms with Crippen molar-refractivity contribution in [1.82, 2.24) is 0 Å². The van der Waals surface area contributed by atoms with Crippen LogP contribution >= 0.6 is 0 Å². The molecule has 0 aromatic carbocycles. The Labute approximate surface area is 51.1 Å². The lowest BCUT2D eigenvalue weighted by molar-refractivity contribution is 0.0372. The summed E-state index contributed by atoms with van der Waals surface area (Å²) in [6.07, 6.45) is 3.00. The third-order valence-electron chi connectivity index (χ3n) is 3.56. The Bertz CT molecular complexity index is 115.